The largest absolute Gasteiger partial charge is 0.494 e. The van der Waals surface area contributed by atoms with E-state index in [1.165, 1.54) is 17.9 Å². The van der Waals surface area contributed by atoms with Crippen LogP contribution in [0.3, 0.4) is 0 Å². The Labute approximate surface area is 164 Å². The van der Waals surface area contributed by atoms with Crippen molar-refractivity contribution in [3.8, 4) is 11.4 Å². The fraction of sp³-hybridized carbons (Fsp3) is 0.150. The van der Waals surface area contributed by atoms with Crippen LogP contribution in [-0.4, -0.2) is 22.8 Å². The summed E-state index contributed by atoms with van der Waals surface area (Å²) in [5, 5.41) is 7.06. The number of hydrogen-bond acceptors (Lipinski definition) is 4. The number of carbonyl (C=O) groups excluding carboxylic acids is 1. The van der Waals surface area contributed by atoms with Crippen molar-refractivity contribution >= 4 is 27.5 Å². The molecule has 6 nitrogen and oxygen atoms in total. The van der Waals surface area contributed by atoms with Crippen molar-refractivity contribution in [3.05, 3.63) is 80.2 Å². The van der Waals surface area contributed by atoms with E-state index in [1.807, 2.05) is 38.1 Å². The third-order valence-electron chi connectivity index (χ3n) is 4.05. The normalized spacial score (nSPS) is 10.5. The Balaban J connectivity index is 2.02. The molecule has 27 heavy (non-hydrogen) atoms. The Kier molecular flexibility index (Phi) is 5.41. The van der Waals surface area contributed by atoms with Gasteiger partial charge in [-0.15, -0.1) is 0 Å². The number of aromatic nitrogens is 2. The number of anilines is 1. The van der Waals surface area contributed by atoms with E-state index in [0.29, 0.717) is 11.4 Å². The van der Waals surface area contributed by atoms with E-state index in [2.05, 4.69) is 26.3 Å². The van der Waals surface area contributed by atoms with Gasteiger partial charge in [0.05, 0.1) is 18.9 Å². The number of aryl methyl sites for hydroxylation is 2. The Bertz CT molecular complexity index is 1060. The summed E-state index contributed by atoms with van der Waals surface area (Å²) in [4.78, 5) is 25.2. The highest BCUT2D eigenvalue weighted by atomic mass is 79.9. The first-order valence-electron chi connectivity index (χ1n) is 8.22. The molecule has 7 heteroatoms. The molecule has 138 valence electrons. The van der Waals surface area contributed by atoms with Gasteiger partial charge in [-0.2, -0.15) is 9.78 Å². The topological polar surface area (TPSA) is 73.2 Å². The molecule has 0 spiro atoms. The number of carbonyl (C=O) groups is 1. The SMILES string of the molecule is COc1cc(=O)n(-c2ccc(C)cc2)nc1C(=O)Nc1ccc(Br)cc1C. The summed E-state index contributed by atoms with van der Waals surface area (Å²) in [7, 11) is 1.40. The molecule has 2 aromatic carbocycles. The van der Waals surface area contributed by atoms with Crippen LogP contribution in [0.1, 0.15) is 21.6 Å². The molecule has 0 bridgehead atoms. The average Bonchev–Trinajstić information content (AvgIpc) is 2.64. The zero-order chi connectivity index (χ0) is 19.6. The van der Waals surface area contributed by atoms with Gasteiger partial charge in [0.2, 0.25) is 0 Å². The van der Waals surface area contributed by atoms with Gasteiger partial charge in [0, 0.05) is 10.2 Å². The van der Waals surface area contributed by atoms with E-state index in [9.17, 15) is 9.59 Å². The minimum absolute atomic E-state index is 0.0278. The number of hydrogen-bond donors (Lipinski definition) is 1. The van der Waals surface area contributed by atoms with E-state index in [4.69, 9.17) is 4.74 Å². The lowest BCUT2D eigenvalue weighted by Gasteiger charge is -2.13. The Morgan fingerprint density at radius 3 is 2.44 bits per heavy atom. The van der Waals surface area contributed by atoms with E-state index in [0.717, 1.165) is 15.6 Å². The lowest BCUT2D eigenvalue weighted by Crippen LogP contribution is -2.26. The van der Waals surface area contributed by atoms with Crippen LogP contribution in [0.5, 0.6) is 5.75 Å². The molecule has 0 radical (unpaired) electrons. The van der Waals surface area contributed by atoms with Gasteiger partial charge in [0.1, 0.15) is 0 Å². The predicted octanol–water partition coefficient (Wildman–Crippen LogP) is 3.87. The first-order valence-corrected chi connectivity index (χ1v) is 9.01. The summed E-state index contributed by atoms with van der Waals surface area (Å²) in [6.45, 7) is 3.84. The number of ether oxygens (including phenoxy) is 1. The second kappa shape index (κ2) is 7.75. The van der Waals surface area contributed by atoms with Gasteiger partial charge in [-0.3, -0.25) is 9.59 Å². The van der Waals surface area contributed by atoms with Crippen LogP contribution in [0.25, 0.3) is 5.69 Å². The average molecular weight is 428 g/mol. The Hall–Kier alpha value is -2.93. The van der Waals surface area contributed by atoms with Crippen molar-refractivity contribution in [2.75, 3.05) is 12.4 Å². The molecule has 0 saturated heterocycles. The number of nitrogens with one attached hydrogen (secondary N) is 1. The minimum atomic E-state index is -0.460. The second-order valence-electron chi connectivity index (χ2n) is 6.06. The van der Waals surface area contributed by atoms with Crippen LogP contribution < -0.4 is 15.6 Å². The van der Waals surface area contributed by atoms with Crippen LogP contribution in [0.2, 0.25) is 0 Å². The zero-order valence-corrected chi connectivity index (χ0v) is 16.7. The molecule has 0 aliphatic carbocycles. The van der Waals surface area contributed by atoms with Gasteiger partial charge < -0.3 is 10.1 Å². The molecule has 1 N–H and O–H groups in total. The lowest BCUT2D eigenvalue weighted by atomic mass is 10.2. The summed E-state index contributed by atoms with van der Waals surface area (Å²) >= 11 is 3.40. The lowest BCUT2D eigenvalue weighted by molar-refractivity contribution is 0.101. The standard InChI is InChI=1S/C20H18BrN3O3/c1-12-4-7-15(8-5-12)24-18(25)11-17(27-3)19(23-24)20(26)22-16-9-6-14(21)10-13(16)2/h4-11H,1-3H3,(H,22,26). The summed E-state index contributed by atoms with van der Waals surface area (Å²) in [6.07, 6.45) is 0. The molecule has 1 heterocycles. The quantitative estimate of drug-likeness (QED) is 0.685. The maximum Gasteiger partial charge on any atom is 0.280 e. The summed E-state index contributed by atoms with van der Waals surface area (Å²) < 4.78 is 7.30. The third kappa shape index (κ3) is 4.09. The number of rotatable bonds is 4. The van der Waals surface area contributed by atoms with Gasteiger partial charge in [0.25, 0.3) is 11.5 Å². The van der Waals surface area contributed by atoms with Crippen LogP contribution >= 0.6 is 15.9 Å². The maximum atomic E-state index is 12.8. The number of benzene rings is 2. The molecule has 1 aromatic heterocycles. The minimum Gasteiger partial charge on any atom is -0.494 e. The Morgan fingerprint density at radius 1 is 1.11 bits per heavy atom. The smallest absolute Gasteiger partial charge is 0.280 e. The fourth-order valence-corrected chi connectivity index (χ4v) is 3.05. The van der Waals surface area contributed by atoms with Crippen LogP contribution in [0.15, 0.2) is 57.8 Å². The third-order valence-corrected chi connectivity index (χ3v) is 4.54. The Morgan fingerprint density at radius 2 is 1.81 bits per heavy atom. The number of halogens is 1. The second-order valence-corrected chi connectivity index (χ2v) is 6.98. The van der Waals surface area contributed by atoms with Gasteiger partial charge in [0.15, 0.2) is 11.4 Å². The van der Waals surface area contributed by atoms with Crippen molar-refractivity contribution < 1.29 is 9.53 Å². The van der Waals surface area contributed by atoms with Gasteiger partial charge in [-0.25, -0.2) is 0 Å². The molecular formula is C20H18BrN3O3. The van der Waals surface area contributed by atoms with Crippen LogP contribution in [0, 0.1) is 13.8 Å². The van der Waals surface area contributed by atoms with Gasteiger partial charge in [-0.1, -0.05) is 33.6 Å². The van der Waals surface area contributed by atoms with E-state index < -0.39 is 5.91 Å². The molecule has 1 amide bonds. The van der Waals surface area contributed by atoms with E-state index in [-0.39, 0.29) is 17.0 Å². The fourth-order valence-electron chi connectivity index (χ4n) is 2.57. The molecule has 3 aromatic rings. The highest BCUT2D eigenvalue weighted by Crippen LogP contribution is 2.22. The van der Waals surface area contributed by atoms with Crippen LogP contribution in [0.4, 0.5) is 5.69 Å². The molecule has 0 aliphatic heterocycles. The molecular weight excluding hydrogens is 410 g/mol. The molecule has 0 aliphatic rings. The maximum absolute atomic E-state index is 12.8. The van der Waals surface area contributed by atoms with Crippen LogP contribution in [-0.2, 0) is 0 Å². The first kappa shape index (κ1) is 18.8. The number of methoxy groups -OCH3 is 1. The molecule has 0 atom stereocenters. The highest BCUT2D eigenvalue weighted by Gasteiger charge is 2.19. The number of amides is 1. The van der Waals surface area contributed by atoms with Gasteiger partial charge >= 0.3 is 0 Å². The summed E-state index contributed by atoms with van der Waals surface area (Å²) in [5.41, 5.74) is 2.82. The highest BCUT2D eigenvalue weighted by molar-refractivity contribution is 9.10. The molecule has 0 unspecified atom stereocenters. The van der Waals surface area contributed by atoms with Crippen molar-refractivity contribution in [1.82, 2.24) is 9.78 Å². The van der Waals surface area contributed by atoms with Crippen molar-refractivity contribution in [2.24, 2.45) is 0 Å². The summed E-state index contributed by atoms with van der Waals surface area (Å²) in [6, 6.07) is 14.1. The molecule has 0 fully saturated rings. The monoisotopic (exact) mass is 427 g/mol. The van der Waals surface area contributed by atoms with Crippen molar-refractivity contribution in [3.63, 3.8) is 0 Å². The molecule has 3 rings (SSSR count). The first-order chi connectivity index (χ1) is 12.9. The van der Waals surface area contributed by atoms with E-state index >= 15 is 0 Å². The van der Waals surface area contributed by atoms with Crippen molar-refractivity contribution in [1.29, 1.82) is 0 Å². The zero-order valence-electron chi connectivity index (χ0n) is 15.1. The van der Waals surface area contributed by atoms with Gasteiger partial charge in [-0.05, 0) is 49.7 Å². The van der Waals surface area contributed by atoms with E-state index in [1.54, 1.807) is 18.2 Å². The molecule has 0 saturated carbocycles. The number of nitrogens with zero attached hydrogens (tertiary/aromatic N) is 2. The summed E-state index contributed by atoms with van der Waals surface area (Å²) in [5.74, 6) is -0.339. The predicted molar refractivity (Wildman–Crippen MR) is 108 cm³/mol. The van der Waals surface area contributed by atoms with Crippen molar-refractivity contribution in [2.45, 2.75) is 13.8 Å².